The minimum Gasteiger partial charge on any atom is -0.450 e. The van der Waals surface area contributed by atoms with E-state index in [2.05, 4.69) is 15.0 Å². The molecule has 3 N–H and O–H groups in total. The maximum Gasteiger partial charge on any atom is 0.412 e. The van der Waals surface area contributed by atoms with Crippen LogP contribution in [0.2, 0.25) is 0 Å². The number of aliphatic hydroxyl groups excluding tert-OH is 1. The summed E-state index contributed by atoms with van der Waals surface area (Å²) in [6.45, 7) is 2.88. The molecule has 2 atom stereocenters. The summed E-state index contributed by atoms with van der Waals surface area (Å²) in [5, 5.41) is 16.3. The lowest BCUT2D eigenvalue weighted by Crippen LogP contribution is -2.29. The fourth-order valence-corrected chi connectivity index (χ4v) is 1.99. The molecule has 0 radical (unpaired) electrons. The Labute approximate surface area is 131 Å². The molecule has 0 saturated carbocycles. The van der Waals surface area contributed by atoms with E-state index < -0.39 is 36.4 Å². The van der Waals surface area contributed by atoms with Crippen molar-refractivity contribution >= 4 is 11.9 Å². The average molecular weight is 333 g/mol. The fourth-order valence-electron chi connectivity index (χ4n) is 1.99. The van der Waals surface area contributed by atoms with Gasteiger partial charge in [-0.3, -0.25) is 9.88 Å². The van der Waals surface area contributed by atoms with Gasteiger partial charge in [-0.2, -0.15) is 4.98 Å². The number of carbonyl (C=O) groups is 1. The SMILES string of the molecule is CCOC(=O)Nc1nc(=O)n(C2CCC(C)O2)cc1F.OCO. The van der Waals surface area contributed by atoms with Gasteiger partial charge in [-0.1, -0.05) is 0 Å². The summed E-state index contributed by atoms with van der Waals surface area (Å²) in [5.74, 6) is -1.27. The fraction of sp³-hybridized carbons (Fsp3) is 0.615. The number of aliphatic hydroxyl groups is 2. The van der Waals surface area contributed by atoms with Crippen LogP contribution in [-0.4, -0.2) is 45.4 Å². The van der Waals surface area contributed by atoms with Crippen molar-refractivity contribution in [3.8, 4) is 0 Å². The summed E-state index contributed by atoms with van der Waals surface area (Å²) in [4.78, 5) is 26.5. The van der Waals surface area contributed by atoms with Crippen LogP contribution >= 0.6 is 0 Å². The van der Waals surface area contributed by atoms with Gasteiger partial charge in [-0.15, -0.1) is 0 Å². The van der Waals surface area contributed by atoms with Gasteiger partial charge < -0.3 is 19.7 Å². The molecule has 0 aliphatic carbocycles. The molecule has 130 valence electrons. The Bertz CT molecular complexity index is 579. The zero-order valence-corrected chi connectivity index (χ0v) is 12.9. The first-order valence-corrected chi connectivity index (χ1v) is 7.02. The molecule has 2 rings (SSSR count). The number of anilines is 1. The highest BCUT2D eigenvalue weighted by atomic mass is 19.1. The van der Waals surface area contributed by atoms with Crippen molar-refractivity contribution in [1.29, 1.82) is 0 Å². The molecule has 23 heavy (non-hydrogen) atoms. The molecule has 1 saturated heterocycles. The van der Waals surface area contributed by atoms with Crippen LogP contribution in [0.4, 0.5) is 15.0 Å². The molecule has 10 heteroatoms. The molecule has 1 aromatic rings. The molecule has 0 spiro atoms. The summed E-state index contributed by atoms with van der Waals surface area (Å²) >= 11 is 0. The lowest BCUT2D eigenvalue weighted by molar-refractivity contribution is 0.00746. The minimum absolute atomic E-state index is 0.0206. The number of ether oxygens (including phenoxy) is 2. The monoisotopic (exact) mass is 333 g/mol. The Morgan fingerprint density at radius 1 is 1.57 bits per heavy atom. The average Bonchev–Trinajstić information content (AvgIpc) is 2.90. The highest BCUT2D eigenvalue weighted by Gasteiger charge is 2.25. The van der Waals surface area contributed by atoms with Crippen LogP contribution in [0.3, 0.4) is 0 Å². The summed E-state index contributed by atoms with van der Waals surface area (Å²) in [6.07, 6.45) is 1.04. The van der Waals surface area contributed by atoms with Gasteiger partial charge in [0.25, 0.3) is 0 Å². The number of halogens is 1. The second kappa shape index (κ2) is 9.18. The van der Waals surface area contributed by atoms with Crippen molar-refractivity contribution in [2.75, 3.05) is 18.7 Å². The molecule has 1 fully saturated rings. The first-order valence-electron chi connectivity index (χ1n) is 7.02. The maximum atomic E-state index is 13.8. The van der Waals surface area contributed by atoms with Gasteiger partial charge in [-0.25, -0.2) is 14.0 Å². The van der Waals surface area contributed by atoms with Crippen LogP contribution in [0.25, 0.3) is 0 Å². The Balaban J connectivity index is 0.000000816. The zero-order valence-electron chi connectivity index (χ0n) is 12.9. The summed E-state index contributed by atoms with van der Waals surface area (Å²) in [6, 6.07) is 0. The number of amides is 1. The van der Waals surface area contributed by atoms with Crippen LogP contribution < -0.4 is 11.0 Å². The highest BCUT2D eigenvalue weighted by Crippen LogP contribution is 2.26. The number of hydrogen-bond donors (Lipinski definition) is 3. The molecule has 2 heterocycles. The Kier molecular flexibility index (Phi) is 7.59. The largest absolute Gasteiger partial charge is 0.450 e. The van der Waals surface area contributed by atoms with Crippen LogP contribution in [0, 0.1) is 5.82 Å². The topological polar surface area (TPSA) is 123 Å². The van der Waals surface area contributed by atoms with E-state index in [9.17, 15) is 14.0 Å². The highest BCUT2D eigenvalue weighted by molar-refractivity contribution is 5.83. The van der Waals surface area contributed by atoms with Crippen molar-refractivity contribution in [3.05, 3.63) is 22.5 Å². The predicted octanol–water partition coefficient (Wildman–Crippen LogP) is 0.577. The normalized spacial score (nSPS) is 19.7. The van der Waals surface area contributed by atoms with E-state index in [-0.39, 0.29) is 12.7 Å². The summed E-state index contributed by atoms with van der Waals surface area (Å²) in [5.41, 5.74) is -0.683. The van der Waals surface area contributed by atoms with Gasteiger partial charge >= 0.3 is 11.8 Å². The molecular weight excluding hydrogens is 313 g/mol. The van der Waals surface area contributed by atoms with Gasteiger partial charge in [0.2, 0.25) is 0 Å². The number of aromatic nitrogens is 2. The van der Waals surface area contributed by atoms with Crippen molar-refractivity contribution < 1.29 is 28.9 Å². The van der Waals surface area contributed by atoms with Gasteiger partial charge in [0.15, 0.2) is 11.6 Å². The molecule has 0 bridgehead atoms. The smallest absolute Gasteiger partial charge is 0.412 e. The molecule has 1 aromatic heterocycles. The summed E-state index contributed by atoms with van der Waals surface area (Å²) < 4.78 is 25.0. The number of nitrogens with one attached hydrogen (secondary N) is 1. The number of nitrogens with zero attached hydrogens (tertiary/aromatic N) is 2. The molecule has 1 aliphatic rings. The molecule has 9 nitrogen and oxygen atoms in total. The predicted molar refractivity (Wildman–Crippen MR) is 77.2 cm³/mol. The first-order chi connectivity index (χ1) is 10.9. The Morgan fingerprint density at radius 2 is 2.22 bits per heavy atom. The third kappa shape index (κ3) is 5.58. The molecule has 0 aromatic carbocycles. The van der Waals surface area contributed by atoms with Crippen molar-refractivity contribution in [3.63, 3.8) is 0 Å². The van der Waals surface area contributed by atoms with Crippen molar-refractivity contribution in [2.24, 2.45) is 0 Å². The number of carbonyl (C=O) groups excluding carboxylic acids is 1. The quantitative estimate of drug-likeness (QED) is 0.691. The van der Waals surface area contributed by atoms with E-state index in [1.165, 1.54) is 0 Å². The van der Waals surface area contributed by atoms with E-state index in [4.69, 9.17) is 14.9 Å². The number of rotatable bonds is 3. The second-order valence-corrected chi connectivity index (χ2v) is 4.59. The lowest BCUT2D eigenvalue weighted by atomic mass is 10.2. The molecule has 2 unspecified atom stereocenters. The van der Waals surface area contributed by atoms with Crippen LogP contribution in [0.15, 0.2) is 11.0 Å². The Morgan fingerprint density at radius 3 is 2.74 bits per heavy atom. The van der Waals surface area contributed by atoms with Gasteiger partial charge in [-0.05, 0) is 26.7 Å². The van der Waals surface area contributed by atoms with E-state index in [0.29, 0.717) is 6.42 Å². The van der Waals surface area contributed by atoms with Gasteiger partial charge in [0, 0.05) is 0 Å². The third-order valence-corrected chi connectivity index (χ3v) is 2.92. The van der Waals surface area contributed by atoms with Gasteiger partial charge in [0.1, 0.15) is 13.0 Å². The minimum atomic E-state index is -0.859. The lowest BCUT2D eigenvalue weighted by Gasteiger charge is -2.14. The standard InChI is InChI=1S/C12H16FN3O4.CH4O2/c1-3-19-12(18)15-10-8(13)6-16(11(17)14-10)9-5-4-7(2)20-9;2-1-3/h6-7,9H,3-5H2,1-2H3,(H,14,15,17,18);2-3H,1H2. The van der Waals surface area contributed by atoms with Crippen LogP contribution in [-0.2, 0) is 9.47 Å². The Hall–Kier alpha value is -2.04. The number of hydrogen-bond acceptors (Lipinski definition) is 7. The van der Waals surface area contributed by atoms with Crippen molar-refractivity contribution in [1.82, 2.24) is 9.55 Å². The van der Waals surface area contributed by atoms with E-state index in [1.54, 1.807) is 6.92 Å². The van der Waals surface area contributed by atoms with E-state index >= 15 is 0 Å². The first kappa shape index (κ1) is 19.0. The van der Waals surface area contributed by atoms with E-state index in [0.717, 1.165) is 17.2 Å². The molecule has 1 aliphatic heterocycles. The summed E-state index contributed by atoms with van der Waals surface area (Å²) in [7, 11) is 0. The van der Waals surface area contributed by atoms with Gasteiger partial charge in [0.05, 0.1) is 18.9 Å². The second-order valence-electron chi connectivity index (χ2n) is 4.59. The maximum absolute atomic E-state index is 13.8. The zero-order chi connectivity index (χ0) is 17.4. The molecule has 1 amide bonds. The van der Waals surface area contributed by atoms with Crippen LogP contribution in [0.5, 0.6) is 0 Å². The van der Waals surface area contributed by atoms with Crippen LogP contribution in [0.1, 0.15) is 32.9 Å². The third-order valence-electron chi connectivity index (χ3n) is 2.92. The van der Waals surface area contributed by atoms with E-state index in [1.807, 2.05) is 6.92 Å². The van der Waals surface area contributed by atoms with Crippen molar-refractivity contribution in [2.45, 2.75) is 39.0 Å². The molecular formula is C13H20FN3O6.